The topological polar surface area (TPSA) is 51.5 Å². The highest BCUT2D eigenvalue weighted by Crippen LogP contribution is 2.11. The molecule has 0 unspecified atom stereocenters. The van der Waals surface area contributed by atoms with Crippen LogP contribution in [0.4, 0.5) is 0 Å². The van der Waals surface area contributed by atoms with Gasteiger partial charge in [0.25, 0.3) is 11.5 Å². The Hall–Kier alpha value is -2.40. The number of carbonyl (C=O) groups is 1. The normalized spacial score (nSPS) is 17.5. The maximum atomic E-state index is 12.8. The molecule has 1 aliphatic rings. The minimum absolute atomic E-state index is 0.0518. The lowest BCUT2D eigenvalue weighted by Gasteiger charge is -2.32. The molecule has 1 saturated heterocycles. The smallest absolute Gasteiger partial charge is 0.263 e. The van der Waals surface area contributed by atoms with E-state index < -0.39 is 0 Å². The average molecular weight is 340 g/mol. The van der Waals surface area contributed by atoms with Crippen LogP contribution >= 0.6 is 0 Å². The summed E-state index contributed by atoms with van der Waals surface area (Å²) in [6, 6.07) is 11.4. The molecule has 1 amide bonds. The van der Waals surface area contributed by atoms with Crippen molar-refractivity contribution in [3.63, 3.8) is 0 Å². The van der Waals surface area contributed by atoms with Gasteiger partial charge in [0.2, 0.25) is 0 Å². The number of aromatic nitrogens is 1. The molecule has 1 aromatic carbocycles. The number of rotatable bonds is 4. The standard InChI is InChI=1S/C20H24N2O3/c1-3-17-14-22(10-11-25-17)20(24)18-8-5-9-21(19(18)23)13-16-7-4-6-15(2)12-16/h4-9,12,17H,3,10-11,13-14H2,1-2H3/t17-/m1/s1. The van der Waals surface area contributed by atoms with Crippen molar-refractivity contribution in [1.29, 1.82) is 0 Å². The summed E-state index contributed by atoms with van der Waals surface area (Å²) in [5.74, 6) is -0.203. The van der Waals surface area contributed by atoms with E-state index >= 15 is 0 Å². The summed E-state index contributed by atoms with van der Waals surface area (Å²) in [5, 5.41) is 0. The second-order valence-corrected chi connectivity index (χ2v) is 6.50. The summed E-state index contributed by atoms with van der Waals surface area (Å²) in [5.41, 5.74) is 2.18. The third kappa shape index (κ3) is 3.99. The molecule has 0 saturated carbocycles. The molecule has 1 fully saturated rings. The maximum Gasteiger partial charge on any atom is 0.263 e. The Labute approximate surface area is 147 Å². The van der Waals surface area contributed by atoms with Crippen LogP contribution in [0.5, 0.6) is 0 Å². The first kappa shape index (κ1) is 17.4. The van der Waals surface area contributed by atoms with Crippen LogP contribution in [-0.2, 0) is 11.3 Å². The van der Waals surface area contributed by atoms with Gasteiger partial charge in [0, 0.05) is 19.3 Å². The zero-order valence-electron chi connectivity index (χ0n) is 14.8. The van der Waals surface area contributed by atoms with E-state index in [4.69, 9.17) is 4.74 Å². The number of hydrogen-bond donors (Lipinski definition) is 0. The van der Waals surface area contributed by atoms with E-state index in [0.29, 0.717) is 26.2 Å². The third-order valence-corrected chi connectivity index (χ3v) is 4.57. The number of pyridine rings is 1. The molecule has 1 atom stereocenters. The van der Waals surface area contributed by atoms with Gasteiger partial charge >= 0.3 is 0 Å². The summed E-state index contributed by atoms with van der Waals surface area (Å²) >= 11 is 0. The van der Waals surface area contributed by atoms with Crippen LogP contribution in [0, 0.1) is 6.92 Å². The second kappa shape index (κ2) is 7.66. The fraction of sp³-hybridized carbons (Fsp3) is 0.400. The SMILES string of the molecule is CC[C@@H]1CN(C(=O)c2cccn(Cc3cccc(C)c3)c2=O)CCO1. The van der Waals surface area contributed by atoms with Crippen molar-refractivity contribution in [3.8, 4) is 0 Å². The molecule has 3 rings (SSSR count). The van der Waals surface area contributed by atoms with Gasteiger partial charge in [-0.05, 0) is 31.0 Å². The first-order valence-electron chi connectivity index (χ1n) is 8.74. The van der Waals surface area contributed by atoms with E-state index in [1.165, 1.54) is 0 Å². The van der Waals surface area contributed by atoms with E-state index in [1.807, 2.05) is 32.0 Å². The van der Waals surface area contributed by atoms with E-state index in [0.717, 1.165) is 17.5 Å². The van der Waals surface area contributed by atoms with Crippen LogP contribution in [-0.4, -0.2) is 41.2 Å². The van der Waals surface area contributed by atoms with Gasteiger partial charge in [-0.2, -0.15) is 0 Å². The van der Waals surface area contributed by atoms with E-state index in [2.05, 4.69) is 6.07 Å². The van der Waals surface area contributed by atoms with Crippen LogP contribution in [0.25, 0.3) is 0 Å². The molecular formula is C20H24N2O3. The molecule has 2 aromatic rings. The highest BCUT2D eigenvalue weighted by Gasteiger charge is 2.25. The van der Waals surface area contributed by atoms with Gasteiger partial charge in [0.1, 0.15) is 5.56 Å². The zero-order valence-corrected chi connectivity index (χ0v) is 14.8. The van der Waals surface area contributed by atoms with Crippen molar-refractivity contribution >= 4 is 5.91 Å². The number of morpholine rings is 1. The average Bonchev–Trinajstić information content (AvgIpc) is 2.63. The summed E-state index contributed by atoms with van der Waals surface area (Å²) < 4.78 is 7.21. The predicted octanol–water partition coefficient (Wildman–Crippen LogP) is 2.46. The summed E-state index contributed by atoms with van der Waals surface area (Å²) in [6.07, 6.45) is 2.64. The minimum Gasteiger partial charge on any atom is -0.375 e. The molecule has 0 spiro atoms. The number of aryl methyl sites for hydroxylation is 1. The lowest BCUT2D eigenvalue weighted by Crippen LogP contribution is -2.47. The van der Waals surface area contributed by atoms with Crippen LogP contribution in [0.2, 0.25) is 0 Å². The highest BCUT2D eigenvalue weighted by atomic mass is 16.5. The molecule has 0 aliphatic carbocycles. The first-order valence-corrected chi connectivity index (χ1v) is 8.74. The fourth-order valence-corrected chi connectivity index (χ4v) is 3.15. The molecule has 5 nitrogen and oxygen atoms in total. The van der Waals surface area contributed by atoms with Crippen molar-refractivity contribution in [3.05, 3.63) is 69.6 Å². The lowest BCUT2D eigenvalue weighted by atomic mass is 10.1. The summed E-state index contributed by atoms with van der Waals surface area (Å²) in [6.45, 7) is 6.12. The first-order chi connectivity index (χ1) is 12.1. The highest BCUT2D eigenvalue weighted by molar-refractivity contribution is 5.93. The molecule has 0 N–H and O–H groups in total. The monoisotopic (exact) mass is 340 g/mol. The molecule has 2 heterocycles. The van der Waals surface area contributed by atoms with Gasteiger partial charge in [0.15, 0.2) is 0 Å². The third-order valence-electron chi connectivity index (χ3n) is 4.57. The van der Waals surface area contributed by atoms with Crippen molar-refractivity contribution in [2.75, 3.05) is 19.7 Å². The van der Waals surface area contributed by atoms with Gasteiger partial charge in [-0.1, -0.05) is 36.8 Å². The zero-order chi connectivity index (χ0) is 17.8. The molecule has 25 heavy (non-hydrogen) atoms. The van der Waals surface area contributed by atoms with Crippen LogP contribution in [0.1, 0.15) is 34.8 Å². The van der Waals surface area contributed by atoms with Gasteiger partial charge in [-0.3, -0.25) is 9.59 Å². The van der Waals surface area contributed by atoms with Crippen molar-refractivity contribution in [2.24, 2.45) is 0 Å². The van der Waals surface area contributed by atoms with Crippen molar-refractivity contribution in [1.82, 2.24) is 9.47 Å². The molecular weight excluding hydrogens is 316 g/mol. The number of nitrogens with zero attached hydrogens (tertiary/aromatic N) is 2. The Kier molecular flexibility index (Phi) is 5.34. The van der Waals surface area contributed by atoms with Crippen molar-refractivity contribution < 1.29 is 9.53 Å². The van der Waals surface area contributed by atoms with Gasteiger partial charge < -0.3 is 14.2 Å². The number of carbonyl (C=O) groups excluding carboxylic acids is 1. The molecule has 5 heteroatoms. The number of amides is 1. The Morgan fingerprint density at radius 2 is 2.12 bits per heavy atom. The van der Waals surface area contributed by atoms with Crippen LogP contribution < -0.4 is 5.56 Å². The molecule has 1 aliphatic heterocycles. The number of benzene rings is 1. The van der Waals surface area contributed by atoms with E-state index in [1.54, 1.807) is 27.8 Å². The maximum absolute atomic E-state index is 12.8. The van der Waals surface area contributed by atoms with E-state index in [-0.39, 0.29) is 23.1 Å². The number of hydrogen-bond acceptors (Lipinski definition) is 3. The van der Waals surface area contributed by atoms with Gasteiger partial charge in [-0.25, -0.2) is 0 Å². The van der Waals surface area contributed by atoms with Gasteiger partial charge in [0.05, 0.1) is 19.3 Å². The Morgan fingerprint density at radius 3 is 2.88 bits per heavy atom. The fourth-order valence-electron chi connectivity index (χ4n) is 3.15. The number of ether oxygens (including phenoxy) is 1. The Bertz CT molecular complexity index is 813. The Morgan fingerprint density at radius 1 is 1.28 bits per heavy atom. The molecule has 132 valence electrons. The second-order valence-electron chi connectivity index (χ2n) is 6.50. The predicted molar refractivity (Wildman–Crippen MR) is 96.9 cm³/mol. The summed E-state index contributed by atoms with van der Waals surface area (Å²) in [7, 11) is 0. The quantitative estimate of drug-likeness (QED) is 0.859. The Balaban J connectivity index is 1.83. The minimum atomic E-state index is -0.242. The van der Waals surface area contributed by atoms with Crippen LogP contribution in [0.3, 0.4) is 0 Å². The van der Waals surface area contributed by atoms with Crippen LogP contribution in [0.15, 0.2) is 47.4 Å². The molecule has 0 radical (unpaired) electrons. The molecule has 0 bridgehead atoms. The summed E-state index contributed by atoms with van der Waals surface area (Å²) in [4.78, 5) is 27.3. The van der Waals surface area contributed by atoms with Gasteiger partial charge in [-0.15, -0.1) is 0 Å². The lowest BCUT2D eigenvalue weighted by molar-refractivity contribution is -0.0227. The largest absolute Gasteiger partial charge is 0.375 e. The van der Waals surface area contributed by atoms with E-state index in [9.17, 15) is 9.59 Å². The van der Waals surface area contributed by atoms with Crippen molar-refractivity contribution in [2.45, 2.75) is 32.9 Å². The molecule has 1 aromatic heterocycles.